The number of hydrogen-bond donors (Lipinski definition) is 1. The first-order valence-electron chi connectivity index (χ1n) is 5.99. The van der Waals surface area contributed by atoms with Gasteiger partial charge in [0.05, 0.1) is 10.6 Å². The molecule has 0 aromatic heterocycles. The fourth-order valence-corrected chi connectivity index (χ4v) is 2.59. The average Bonchev–Trinajstić information content (AvgIpc) is 2.79. The molecular formula is C13H17ClN2O. The Hall–Kier alpha value is -1.22. The van der Waals surface area contributed by atoms with Crippen LogP contribution < -0.4 is 5.73 Å². The third-order valence-corrected chi connectivity index (χ3v) is 3.66. The zero-order valence-electron chi connectivity index (χ0n) is 9.95. The van der Waals surface area contributed by atoms with E-state index in [1.165, 1.54) is 0 Å². The van der Waals surface area contributed by atoms with Gasteiger partial charge in [-0.05, 0) is 37.5 Å². The van der Waals surface area contributed by atoms with Crippen molar-refractivity contribution < 1.29 is 4.79 Å². The predicted molar refractivity (Wildman–Crippen MR) is 70.2 cm³/mol. The number of anilines is 1. The molecule has 1 aromatic carbocycles. The highest BCUT2D eigenvalue weighted by Crippen LogP contribution is 2.26. The highest BCUT2D eigenvalue weighted by Gasteiger charge is 2.29. The van der Waals surface area contributed by atoms with Crippen molar-refractivity contribution in [1.29, 1.82) is 0 Å². The van der Waals surface area contributed by atoms with Crippen molar-refractivity contribution in [2.75, 3.05) is 12.3 Å². The number of carbonyl (C=O) groups is 1. The van der Waals surface area contributed by atoms with Crippen LogP contribution in [-0.4, -0.2) is 23.4 Å². The van der Waals surface area contributed by atoms with Gasteiger partial charge >= 0.3 is 0 Å². The summed E-state index contributed by atoms with van der Waals surface area (Å²) < 4.78 is 0. The lowest BCUT2D eigenvalue weighted by Gasteiger charge is -2.24. The van der Waals surface area contributed by atoms with Gasteiger partial charge in [-0.25, -0.2) is 0 Å². The number of nitrogens with zero attached hydrogens (tertiary/aromatic N) is 1. The largest absolute Gasteiger partial charge is 0.399 e. The quantitative estimate of drug-likeness (QED) is 0.823. The zero-order valence-corrected chi connectivity index (χ0v) is 10.7. The minimum atomic E-state index is 0.00616. The molecule has 1 aliphatic rings. The Morgan fingerprint density at radius 2 is 2.35 bits per heavy atom. The monoisotopic (exact) mass is 252 g/mol. The second-order valence-electron chi connectivity index (χ2n) is 4.44. The van der Waals surface area contributed by atoms with Crippen molar-refractivity contribution in [3.05, 3.63) is 28.8 Å². The summed E-state index contributed by atoms with van der Waals surface area (Å²) in [6.45, 7) is 2.93. The van der Waals surface area contributed by atoms with Crippen LogP contribution in [0.1, 0.15) is 36.5 Å². The number of halogens is 1. The highest BCUT2D eigenvalue weighted by atomic mass is 35.5. The predicted octanol–water partition coefficient (Wildman–Crippen LogP) is 2.94. The number of hydrogen-bond acceptors (Lipinski definition) is 2. The van der Waals surface area contributed by atoms with Crippen LogP contribution >= 0.6 is 11.6 Å². The number of nitrogen functional groups attached to an aromatic ring is 1. The number of nitrogens with two attached hydrogens (primary N) is 1. The minimum absolute atomic E-state index is 0.00616. The van der Waals surface area contributed by atoms with Crippen molar-refractivity contribution in [2.45, 2.75) is 32.2 Å². The normalized spacial score (nSPS) is 19.6. The molecule has 1 fully saturated rings. The van der Waals surface area contributed by atoms with Crippen molar-refractivity contribution in [3.8, 4) is 0 Å². The van der Waals surface area contributed by atoms with E-state index in [1.807, 2.05) is 4.90 Å². The summed E-state index contributed by atoms with van der Waals surface area (Å²) in [5.41, 5.74) is 6.80. The molecule has 1 aliphatic heterocycles. The first-order chi connectivity index (χ1) is 8.13. The van der Waals surface area contributed by atoms with Crippen LogP contribution in [0.15, 0.2) is 18.2 Å². The number of benzene rings is 1. The van der Waals surface area contributed by atoms with E-state index >= 15 is 0 Å². The molecule has 4 heteroatoms. The summed E-state index contributed by atoms with van der Waals surface area (Å²) in [5.74, 6) is 0.00616. The van der Waals surface area contributed by atoms with Crippen molar-refractivity contribution >= 4 is 23.2 Å². The van der Waals surface area contributed by atoms with Crippen molar-refractivity contribution in [1.82, 2.24) is 4.90 Å². The fourth-order valence-electron chi connectivity index (χ4n) is 2.39. The molecule has 2 rings (SSSR count). The molecule has 92 valence electrons. The zero-order chi connectivity index (χ0) is 12.4. The van der Waals surface area contributed by atoms with E-state index in [9.17, 15) is 4.79 Å². The summed E-state index contributed by atoms with van der Waals surface area (Å²) in [5, 5.41) is 0.478. The maximum absolute atomic E-state index is 12.4. The van der Waals surface area contributed by atoms with Gasteiger partial charge in [-0.2, -0.15) is 0 Å². The van der Waals surface area contributed by atoms with E-state index in [1.54, 1.807) is 18.2 Å². The van der Waals surface area contributed by atoms with Crippen LogP contribution in [0.4, 0.5) is 5.69 Å². The minimum Gasteiger partial charge on any atom is -0.399 e. The van der Waals surface area contributed by atoms with Crippen LogP contribution in [0.5, 0.6) is 0 Å². The van der Waals surface area contributed by atoms with Crippen molar-refractivity contribution in [2.24, 2.45) is 0 Å². The van der Waals surface area contributed by atoms with Gasteiger partial charge in [0.1, 0.15) is 0 Å². The number of likely N-dealkylation sites (tertiary alicyclic amines) is 1. The molecule has 1 heterocycles. The summed E-state index contributed by atoms with van der Waals surface area (Å²) >= 11 is 6.06. The maximum Gasteiger partial charge on any atom is 0.255 e. The third-order valence-electron chi connectivity index (χ3n) is 3.33. The molecule has 3 nitrogen and oxygen atoms in total. The fraction of sp³-hybridized carbons (Fsp3) is 0.462. The molecule has 0 spiro atoms. The van der Waals surface area contributed by atoms with Crippen LogP contribution in [0.3, 0.4) is 0 Å². The van der Waals surface area contributed by atoms with E-state index < -0.39 is 0 Å². The van der Waals surface area contributed by atoms with Crippen LogP contribution in [0, 0.1) is 0 Å². The summed E-state index contributed by atoms with van der Waals surface area (Å²) in [4.78, 5) is 14.3. The first-order valence-corrected chi connectivity index (χ1v) is 6.37. The standard InChI is InChI=1S/C13H17ClN2O/c1-2-10-4-3-7-16(10)13(17)11-8-9(15)5-6-12(11)14/h5-6,8,10H,2-4,7,15H2,1H3/t10-/m1/s1. The summed E-state index contributed by atoms with van der Waals surface area (Å²) in [6.07, 6.45) is 3.15. The molecule has 2 N–H and O–H groups in total. The molecule has 1 amide bonds. The van der Waals surface area contributed by atoms with E-state index in [0.29, 0.717) is 22.3 Å². The summed E-state index contributed by atoms with van der Waals surface area (Å²) in [7, 11) is 0. The Morgan fingerprint density at radius 1 is 1.59 bits per heavy atom. The third kappa shape index (κ3) is 2.39. The maximum atomic E-state index is 12.4. The van der Waals surface area contributed by atoms with E-state index in [4.69, 9.17) is 17.3 Å². The summed E-state index contributed by atoms with van der Waals surface area (Å²) in [6, 6.07) is 5.40. The molecule has 0 bridgehead atoms. The molecule has 0 unspecified atom stereocenters. The highest BCUT2D eigenvalue weighted by molar-refractivity contribution is 6.34. The number of amides is 1. The molecule has 0 aliphatic carbocycles. The topological polar surface area (TPSA) is 46.3 Å². The second-order valence-corrected chi connectivity index (χ2v) is 4.85. The van der Waals surface area contributed by atoms with Gasteiger partial charge in [-0.1, -0.05) is 18.5 Å². The molecule has 1 aromatic rings. The first kappa shape index (κ1) is 12.2. The molecular weight excluding hydrogens is 236 g/mol. The Morgan fingerprint density at radius 3 is 3.06 bits per heavy atom. The van der Waals surface area contributed by atoms with E-state index in [2.05, 4.69) is 6.92 Å². The Bertz CT molecular complexity index is 433. The lowest BCUT2D eigenvalue weighted by Crippen LogP contribution is -2.35. The Kier molecular flexibility index (Phi) is 3.57. The van der Waals surface area contributed by atoms with Gasteiger partial charge in [0, 0.05) is 18.3 Å². The van der Waals surface area contributed by atoms with E-state index in [0.717, 1.165) is 25.8 Å². The van der Waals surface area contributed by atoms with Gasteiger partial charge in [0.15, 0.2) is 0 Å². The van der Waals surface area contributed by atoms with Crippen LogP contribution in [-0.2, 0) is 0 Å². The molecule has 0 saturated carbocycles. The molecule has 1 saturated heterocycles. The lowest BCUT2D eigenvalue weighted by atomic mass is 10.1. The van der Waals surface area contributed by atoms with Gasteiger partial charge < -0.3 is 10.6 Å². The van der Waals surface area contributed by atoms with Crippen molar-refractivity contribution in [3.63, 3.8) is 0 Å². The SMILES string of the molecule is CC[C@@H]1CCCN1C(=O)c1cc(N)ccc1Cl. The van der Waals surface area contributed by atoms with Gasteiger partial charge in [0.25, 0.3) is 5.91 Å². The van der Waals surface area contributed by atoms with Gasteiger partial charge in [-0.3, -0.25) is 4.79 Å². The van der Waals surface area contributed by atoms with Crippen LogP contribution in [0.2, 0.25) is 5.02 Å². The molecule has 17 heavy (non-hydrogen) atoms. The molecule has 1 atom stereocenters. The second kappa shape index (κ2) is 4.96. The number of carbonyl (C=O) groups excluding carboxylic acids is 1. The van der Waals surface area contributed by atoms with Gasteiger partial charge in [0.2, 0.25) is 0 Å². The number of rotatable bonds is 2. The lowest BCUT2D eigenvalue weighted by molar-refractivity contribution is 0.0734. The Labute approximate surface area is 107 Å². The smallest absolute Gasteiger partial charge is 0.255 e. The van der Waals surface area contributed by atoms with Gasteiger partial charge in [-0.15, -0.1) is 0 Å². The molecule has 0 radical (unpaired) electrons. The van der Waals surface area contributed by atoms with Crippen LogP contribution in [0.25, 0.3) is 0 Å². The average molecular weight is 253 g/mol. The van der Waals surface area contributed by atoms with E-state index in [-0.39, 0.29) is 5.91 Å². The Balaban J connectivity index is 2.27.